The lowest BCUT2D eigenvalue weighted by molar-refractivity contribution is -0.137. The highest BCUT2D eigenvalue weighted by Crippen LogP contribution is 2.33. The van der Waals surface area contributed by atoms with Crippen molar-refractivity contribution < 1.29 is 13.2 Å². The fraction of sp³-hybridized carbons (Fsp3) is 0.333. The molecule has 1 aromatic rings. The van der Waals surface area contributed by atoms with E-state index in [0.29, 0.717) is 23.1 Å². The van der Waals surface area contributed by atoms with Gasteiger partial charge in [-0.3, -0.25) is 0 Å². The first-order valence-electron chi connectivity index (χ1n) is 4.95. The number of hydrogen-bond acceptors (Lipinski definition) is 1. The van der Waals surface area contributed by atoms with Crippen molar-refractivity contribution in [2.45, 2.75) is 19.5 Å². The Morgan fingerprint density at radius 2 is 2.06 bits per heavy atom. The van der Waals surface area contributed by atoms with Gasteiger partial charge in [0, 0.05) is 23.1 Å². The standard InChI is InChI=1S/C12H11BrF3N/c1-2-3-4-7-17-11-6-5-9(8-10(11)13)12(14,15)16/h5-6,8,17H,4,7H2,1H3. The van der Waals surface area contributed by atoms with Crippen molar-refractivity contribution in [1.82, 2.24) is 0 Å². The second kappa shape index (κ2) is 5.97. The fourth-order valence-corrected chi connectivity index (χ4v) is 1.74. The van der Waals surface area contributed by atoms with Crippen LogP contribution in [0.2, 0.25) is 0 Å². The lowest BCUT2D eigenvalue weighted by Gasteiger charge is -2.11. The van der Waals surface area contributed by atoms with E-state index in [-0.39, 0.29) is 0 Å². The van der Waals surface area contributed by atoms with Gasteiger partial charge in [-0.15, -0.1) is 11.8 Å². The predicted octanol–water partition coefficient (Wildman–Crippen LogP) is 4.29. The molecule has 0 saturated heterocycles. The summed E-state index contributed by atoms with van der Waals surface area (Å²) in [6.07, 6.45) is -3.65. The molecule has 0 radical (unpaired) electrons. The van der Waals surface area contributed by atoms with E-state index in [1.807, 2.05) is 0 Å². The summed E-state index contributed by atoms with van der Waals surface area (Å²) < 4.78 is 37.6. The molecule has 0 aliphatic rings. The Morgan fingerprint density at radius 1 is 1.35 bits per heavy atom. The van der Waals surface area contributed by atoms with Crippen LogP contribution in [0.3, 0.4) is 0 Å². The maximum Gasteiger partial charge on any atom is 0.416 e. The Bertz CT molecular complexity index is 443. The largest absolute Gasteiger partial charge is 0.416 e. The maximum absolute atomic E-state index is 12.4. The predicted molar refractivity (Wildman–Crippen MR) is 65.7 cm³/mol. The number of alkyl halides is 3. The van der Waals surface area contributed by atoms with E-state index in [4.69, 9.17) is 0 Å². The Kier molecular flexibility index (Phi) is 4.88. The van der Waals surface area contributed by atoms with Crippen LogP contribution < -0.4 is 5.32 Å². The van der Waals surface area contributed by atoms with Gasteiger partial charge in [0.25, 0.3) is 0 Å². The van der Waals surface area contributed by atoms with Crippen molar-refractivity contribution in [3.8, 4) is 11.8 Å². The highest BCUT2D eigenvalue weighted by molar-refractivity contribution is 9.10. The fourth-order valence-electron chi connectivity index (χ4n) is 1.22. The average Bonchev–Trinajstić information content (AvgIpc) is 2.24. The van der Waals surface area contributed by atoms with E-state index in [2.05, 4.69) is 33.1 Å². The van der Waals surface area contributed by atoms with Crippen LogP contribution in [0.5, 0.6) is 0 Å². The minimum Gasteiger partial charge on any atom is -0.383 e. The molecule has 92 valence electrons. The highest BCUT2D eigenvalue weighted by Gasteiger charge is 2.30. The molecule has 0 amide bonds. The van der Waals surface area contributed by atoms with Gasteiger partial charge in [-0.05, 0) is 41.1 Å². The van der Waals surface area contributed by atoms with Gasteiger partial charge in [-0.25, -0.2) is 0 Å². The quantitative estimate of drug-likeness (QED) is 0.649. The molecule has 1 rings (SSSR count). The first-order valence-corrected chi connectivity index (χ1v) is 5.74. The summed E-state index contributed by atoms with van der Waals surface area (Å²) in [5.41, 5.74) is -0.0285. The molecule has 0 unspecified atom stereocenters. The first-order chi connectivity index (χ1) is 7.95. The molecule has 0 aromatic heterocycles. The number of hydrogen-bond donors (Lipinski definition) is 1. The van der Waals surface area contributed by atoms with Crippen molar-refractivity contribution in [1.29, 1.82) is 0 Å². The maximum atomic E-state index is 12.4. The summed E-state index contributed by atoms with van der Waals surface area (Å²) in [5.74, 6) is 5.61. The topological polar surface area (TPSA) is 12.0 Å². The van der Waals surface area contributed by atoms with Gasteiger partial charge < -0.3 is 5.32 Å². The average molecular weight is 306 g/mol. The highest BCUT2D eigenvalue weighted by atomic mass is 79.9. The molecular formula is C12H11BrF3N. The molecule has 1 N–H and O–H groups in total. The van der Waals surface area contributed by atoms with Crippen molar-refractivity contribution in [3.05, 3.63) is 28.2 Å². The molecule has 17 heavy (non-hydrogen) atoms. The van der Waals surface area contributed by atoms with Crippen molar-refractivity contribution in [2.75, 3.05) is 11.9 Å². The van der Waals surface area contributed by atoms with Crippen LogP contribution in [-0.4, -0.2) is 6.54 Å². The lowest BCUT2D eigenvalue weighted by Crippen LogP contribution is -2.06. The van der Waals surface area contributed by atoms with Crippen LogP contribution in [0.4, 0.5) is 18.9 Å². The Balaban J connectivity index is 2.72. The summed E-state index contributed by atoms with van der Waals surface area (Å²) in [6, 6.07) is 3.53. The van der Waals surface area contributed by atoms with Crippen molar-refractivity contribution in [3.63, 3.8) is 0 Å². The minimum absolute atomic E-state index is 0.400. The molecular weight excluding hydrogens is 295 g/mol. The van der Waals surface area contributed by atoms with Crippen molar-refractivity contribution in [2.24, 2.45) is 0 Å². The van der Waals surface area contributed by atoms with Crippen LogP contribution in [0, 0.1) is 11.8 Å². The van der Waals surface area contributed by atoms with E-state index in [0.717, 1.165) is 12.1 Å². The zero-order valence-corrected chi connectivity index (χ0v) is 10.7. The van der Waals surface area contributed by atoms with Crippen LogP contribution in [0.1, 0.15) is 18.9 Å². The minimum atomic E-state index is -4.31. The SMILES string of the molecule is CC#CCCNc1ccc(C(F)(F)F)cc1Br. The molecule has 0 bridgehead atoms. The van der Waals surface area contributed by atoms with Crippen LogP contribution in [0.15, 0.2) is 22.7 Å². The first kappa shape index (κ1) is 13.9. The van der Waals surface area contributed by atoms with Gasteiger partial charge in [0.2, 0.25) is 0 Å². The third-order valence-corrected chi connectivity index (χ3v) is 2.69. The van der Waals surface area contributed by atoms with E-state index < -0.39 is 11.7 Å². The van der Waals surface area contributed by atoms with E-state index >= 15 is 0 Å². The third kappa shape index (κ3) is 4.31. The molecule has 0 aliphatic heterocycles. The van der Waals surface area contributed by atoms with E-state index in [9.17, 15) is 13.2 Å². The number of halogens is 4. The number of anilines is 1. The van der Waals surface area contributed by atoms with Crippen molar-refractivity contribution >= 4 is 21.6 Å². The van der Waals surface area contributed by atoms with Gasteiger partial charge in [0.1, 0.15) is 0 Å². The third-order valence-electron chi connectivity index (χ3n) is 2.04. The molecule has 0 fully saturated rings. The monoisotopic (exact) mass is 305 g/mol. The van der Waals surface area contributed by atoms with E-state index in [1.165, 1.54) is 6.07 Å². The molecule has 0 aliphatic carbocycles. The van der Waals surface area contributed by atoms with Gasteiger partial charge >= 0.3 is 6.18 Å². The Hall–Kier alpha value is -1.15. The van der Waals surface area contributed by atoms with Crippen LogP contribution in [-0.2, 0) is 6.18 Å². The Labute approximate surface area is 107 Å². The molecule has 0 heterocycles. The molecule has 0 atom stereocenters. The zero-order valence-electron chi connectivity index (χ0n) is 9.16. The van der Waals surface area contributed by atoms with Gasteiger partial charge in [0.05, 0.1) is 5.56 Å². The Morgan fingerprint density at radius 3 is 2.59 bits per heavy atom. The number of rotatable bonds is 3. The summed E-state index contributed by atoms with van der Waals surface area (Å²) >= 11 is 3.11. The lowest BCUT2D eigenvalue weighted by atomic mass is 10.2. The van der Waals surface area contributed by atoms with Gasteiger partial charge in [-0.2, -0.15) is 13.2 Å². The smallest absolute Gasteiger partial charge is 0.383 e. The second-order valence-electron chi connectivity index (χ2n) is 3.30. The summed E-state index contributed by atoms with van der Waals surface area (Å²) in [7, 11) is 0. The van der Waals surface area contributed by atoms with Crippen LogP contribution >= 0.6 is 15.9 Å². The zero-order chi connectivity index (χ0) is 12.9. The second-order valence-corrected chi connectivity index (χ2v) is 4.15. The molecule has 5 heteroatoms. The van der Waals surface area contributed by atoms with Gasteiger partial charge in [0.15, 0.2) is 0 Å². The summed E-state index contributed by atoms with van der Waals surface area (Å²) in [4.78, 5) is 0. The summed E-state index contributed by atoms with van der Waals surface area (Å²) in [6.45, 7) is 2.35. The molecule has 0 spiro atoms. The summed E-state index contributed by atoms with van der Waals surface area (Å²) in [5, 5.41) is 3.01. The number of nitrogens with one attached hydrogen (secondary N) is 1. The molecule has 1 nitrogen and oxygen atoms in total. The van der Waals surface area contributed by atoms with Gasteiger partial charge in [-0.1, -0.05) is 0 Å². The normalized spacial score (nSPS) is 10.6. The number of benzene rings is 1. The molecule has 0 saturated carbocycles. The van der Waals surface area contributed by atoms with E-state index in [1.54, 1.807) is 6.92 Å². The van der Waals surface area contributed by atoms with Crippen LogP contribution in [0.25, 0.3) is 0 Å². The molecule has 1 aromatic carbocycles.